The van der Waals surface area contributed by atoms with E-state index in [1.54, 1.807) is 0 Å². The summed E-state index contributed by atoms with van der Waals surface area (Å²) >= 11 is 0. The van der Waals surface area contributed by atoms with Crippen molar-refractivity contribution in [3.05, 3.63) is 0 Å². The van der Waals surface area contributed by atoms with Crippen LogP contribution in [-0.4, -0.2) is 42.4 Å². The van der Waals surface area contributed by atoms with E-state index in [0.717, 1.165) is 0 Å². The first-order valence-corrected chi connectivity index (χ1v) is 4.80. The highest BCUT2D eigenvalue weighted by Gasteiger charge is 2.29. The van der Waals surface area contributed by atoms with Crippen molar-refractivity contribution in [2.45, 2.75) is 18.9 Å². The number of aliphatic hydroxyl groups excluding tert-OH is 1. The predicted molar refractivity (Wildman–Crippen MR) is 50.8 cm³/mol. The van der Waals surface area contributed by atoms with Crippen molar-refractivity contribution in [1.29, 1.82) is 0 Å². The molecule has 0 saturated carbocycles. The summed E-state index contributed by atoms with van der Waals surface area (Å²) in [5.74, 6) is -0.821. The molecular formula is C9H14N2O4. The molecule has 2 amide bonds. The van der Waals surface area contributed by atoms with Gasteiger partial charge in [0.15, 0.2) is 5.78 Å². The summed E-state index contributed by atoms with van der Waals surface area (Å²) in [5, 5.41) is 13.6. The topological polar surface area (TPSA) is 95.5 Å². The number of hydrogen-bond acceptors (Lipinski definition) is 4. The molecule has 0 radical (unpaired) electrons. The van der Waals surface area contributed by atoms with E-state index >= 15 is 0 Å². The summed E-state index contributed by atoms with van der Waals surface area (Å²) in [6, 6.07) is -0.763. The van der Waals surface area contributed by atoms with Crippen LogP contribution in [0.5, 0.6) is 0 Å². The quantitative estimate of drug-likeness (QED) is 0.454. The normalized spacial score (nSPS) is 21.9. The Kier molecular flexibility index (Phi) is 4.23. The Morgan fingerprint density at radius 3 is 2.93 bits per heavy atom. The summed E-state index contributed by atoms with van der Waals surface area (Å²) in [5.41, 5.74) is 0. The SMILES string of the molecule is O=CNC(C[C@@H]1CCNC1=O)C(=O)CO. The first-order chi connectivity index (χ1) is 7.19. The molecule has 3 N–H and O–H groups in total. The molecule has 1 aliphatic heterocycles. The van der Waals surface area contributed by atoms with Gasteiger partial charge in [0.25, 0.3) is 0 Å². The lowest BCUT2D eigenvalue weighted by Gasteiger charge is -2.16. The van der Waals surface area contributed by atoms with Gasteiger partial charge >= 0.3 is 0 Å². The monoisotopic (exact) mass is 214 g/mol. The van der Waals surface area contributed by atoms with Crippen molar-refractivity contribution < 1.29 is 19.5 Å². The zero-order valence-electron chi connectivity index (χ0n) is 8.23. The molecule has 0 aromatic carbocycles. The molecule has 0 aromatic heterocycles. The summed E-state index contributed by atoms with van der Waals surface area (Å²) in [6.45, 7) is -0.0233. The third-order valence-electron chi connectivity index (χ3n) is 2.50. The van der Waals surface area contributed by atoms with Crippen molar-refractivity contribution in [2.24, 2.45) is 5.92 Å². The Morgan fingerprint density at radius 2 is 2.47 bits per heavy atom. The van der Waals surface area contributed by atoms with Crippen molar-refractivity contribution in [2.75, 3.05) is 13.2 Å². The van der Waals surface area contributed by atoms with Crippen LogP contribution in [0.2, 0.25) is 0 Å². The van der Waals surface area contributed by atoms with Crippen molar-refractivity contribution in [1.82, 2.24) is 10.6 Å². The van der Waals surface area contributed by atoms with Gasteiger partial charge in [-0.2, -0.15) is 0 Å². The summed E-state index contributed by atoms with van der Waals surface area (Å²) in [4.78, 5) is 32.7. The number of carbonyl (C=O) groups excluding carboxylic acids is 3. The lowest BCUT2D eigenvalue weighted by molar-refractivity contribution is -0.127. The highest BCUT2D eigenvalue weighted by atomic mass is 16.3. The number of carbonyl (C=O) groups is 3. The lowest BCUT2D eigenvalue weighted by Crippen LogP contribution is -2.40. The van der Waals surface area contributed by atoms with Crippen LogP contribution in [0.25, 0.3) is 0 Å². The Labute approximate surface area is 87.0 Å². The first-order valence-electron chi connectivity index (χ1n) is 4.80. The number of nitrogens with one attached hydrogen (secondary N) is 2. The predicted octanol–water partition coefficient (Wildman–Crippen LogP) is -1.81. The van der Waals surface area contributed by atoms with Crippen molar-refractivity contribution in [3.8, 4) is 0 Å². The number of aliphatic hydroxyl groups is 1. The molecule has 2 atom stereocenters. The van der Waals surface area contributed by atoms with E-state index in [1.807, 2.05) is 0 Å². The molecule has 1 saturated heterocycles. The Hall–Kier alpha value is -1.43. The largest absolute Gasteiger partial charge is 0.389 e. The molecule has 84 valence electrons. The lowest BCUT2D eigenvalue weighted by atomic mass is 9.96. The van der Waals surface area contributed by atoms with E-state index in [4.69, 9.17) is 5.11 Å². The minimum atomic E-state index is -0.763. The molecule has 1 rings (SSSR count). The van der Waals surface area contributed by atoms with Gasteiger partial charge in [-0.05, 0) is 12.8 Å². The number of Topliss-reactive ketones (excluding diaryl/α,β-unsaturated/α-hetero) is 1. The van der Waals surface area contributed by atoms with Crippen LogP contribution in [0.15, 0.2) is 0 Å². The van der Waals surface area contributed by atoms with Crippen molar-refractivity contribution >= 4 is 18.1 Å². The second-order valence-corrected chi connectivity index (χ2v) is 3.47. The number of amides is 2. The zero-order valence-corrected chi connectivity index (χ0v) is 8.23. The van der Waals surface area contributed by atoms with Gasteiger partial charge in [0.2, 0.25) is 12.3 Å². The van der Waals surface area contributed by atoms with Gasteiger partial charge < -0.3 is 15.7 Å². The molecule has 0 bridgehead atoms. The molecule has 1 heterocycles. The third kappa shape index (κ3) is 3.02. The molecule has 6 heteroatoms. The molecule has 1 unspecified atom stereocenters. The molecule has 0 aliphatic carbocycles. The number of rotatable bonds is 6. The van der Waals surface area contributed by atoms with Gasteiger partial charge in [-0.25, -0.2) is 0 Å². The molecular weight excluding hydrogens is 200 g/mol. The maximum absolute atomic E-state index is 11.2. The number of ketones is 1. The first kappa shape index (κ1) is 11.6. The highest BCUT2D eigenvalue weighted by molar-refractivity contribution is 5.88. The van der Waals surface area contributed by atoms with Gasteiger partial charge in [0, 0.05) is 12.5 Å². The van der Waals surface area contributed by atoms with E-state index in [0.29, 0.717) is 19.4 Å². The van der Waals surface area contributed by atoms with Gasteiger partial charge in [-0.15, -0.1) is 0 Å². The standard InChI is InChI=1S/C9H14N2O4/c12-4-8(14)7(11-5-13)3-6-1-2-10-9(6)15/h5-7,12H,1-4H2,(H,10,15)(H,11,13)/t6-,7?/m0/s1. The Balaban J connectivity index is 2.53. The van der Waals surface area contributed by atoms with Crippen molar-refractivity contribution in [3.63, 3.8) is 0 Å². The fourth-order valence-corrected chi connectivity index (χ4v) is 1.64. The van der Waals surface area contributed by atoms with Crippen LogP contribution in [0, 0.1) is 5.92 Å². The van der Waals surface area contributed by atoms with E-state index in [1.165, 1.54) is 0 Å². The third-order valence-corrected chi connectivity index (χ3v) is 2.50. The van der Waals surface area contributed by atoms with Gasteiger partial charge in [0.05, 0.1) is 6.04 Å². The summed E-state index contributed by atoms with van der Waals surface area (Å²) in [6.07, 6.45) is 1.32. The van der Waals surface area contributed by atoms with E-state index in [-0.39, 0.29) is 18.2 Å². The van der Waals surface area contributed by atoms with E-state index in [9.17, 15) is 14.4 Å². The van der Waals surface area contributed by atoms with Crippen LogP contribution in [0.3, 0.4) is 0 Å². The van der Waals surface area contributed by atoms with Crippen LogP contribution in [0.1, 0.15) is 12.8 Å². The van der Waals surface area contributed by atoms with Gasteiger partial charge in [-0.1, -0.05) is 0 Å². The minimum absolute atomic E-state index is 0.0987. The van der Waals surface area contributed by atoms with E-state index < -0.39 is 18.4 Å². The molecule has 0 aromatic rings. The minimum Gasteiger partial charge on any atom is -0.389 e. The molecule has 1 aliphatic rings. The fraction of sp³-hybridized carbons (Fsp3) is 0.667. The van der Waals surface area contributed by atoms with Crippen LogP contribution in [-0.2, 0) is 14.4 Å². The maximum atomic E-state index is 11.2. The average molecular weight is 214 g/mol. The Morgan fingerprint density at radius 1 is 1.73 bits per heavy atom. The number of hydrogen-bond donors (Lipinski definition) is 3. The maximum Gasteiger partial charge on any atom is 0.223 e. The zero-order chi connectivity index (χ0) is 11.3. The summed E-state index contributed by atoms with van der Waals surface area (Å²) in [7, 11) is 0. The van der Waals surface area contributed by atoms with Crippen LogP contribution in [0.4, 0.5) is 0 Å². The molecule has 1 fully saturated rings. The Bertz CT molecular complexity index is 267. The average Bonchev–Trinajstić information content (AvgIpc) is 2.63. The van der Waals surface area contributed by atoms with Crippen LogP contribution < -0.4 is 10.6 Å². The van der Waals surface area contributed by atoms with Crippen LogP contribution >= 0.6 is 0 Å². The molecule has 15 heavy (non-hydrogen) atoms. The smallest absolute Gasteiger partial charge is 0.223 e. The molecule has 6 nitrogen and oxygen atoms in total. The summed E-state index contributed by atoms with van der Waals surface area (Å²) < 4.78 is 0. The van der Waals surface area contributed by atoms with Gasteiger partial charge in [0.1, 0.15) is 6.61 Å². The highest BCUT2D eigenvalue weighted by Crippen LogP contribution is 2.16. The van der Waals surface area contributed by atoms with E-state index in [2.05, 4.69) is 10.6 Å². The second kappa shape index (κ2) is 5.45. The van der Waals surface area contributed by atoms with Gasteiger partial charge in [-0.3, -0.25) is 14.4 Å². The fourth-order valence-electron chi connectivity index (χ4n) is 1.64. The second-order valence-electron chi connectivity index (χ2n) is 3.47. The molecule has 0 spiro atoms.